The number of imidazole rings is 1. The summed E-state index contributed by atoms with van der Waals surface area (Å²) in [7, 11) is 0. The van der Waals surface area contributed by atoms with Crippen molar-refractivity contribution in [2.24, 2.45) is 5.16 Å². The molecule has 1 aliphatic rings. The van der Waals surface area contributed by atoms with Gasteiger partial charge in [-0.15, -0.1) is 0 Å². The van der Waals surface area contributed by atoms with Gasteiger partial charge in [-0.1, -0.05) is 35.5 Å². The Morgan fingerprint density at radius 2 is 2.05 bits per heavy atom. The van der Waals surface area contributed by atoms with Crippen molar-refractivity contribution in [2.45, 2.75) is 19.4 Å². The Morgan fingerprint density at radius 3 is 2.90 bits per heavy atom. The summed E-state index contributed by atoms with van der Waals surface area (Å²) < 4.78 is 2.02. The number of benzene rings is 1. The van der Waals surface area contributed by atoms with E-state index in [1.807, 2.05) is 35.0 Å². The highest BCUT2D eigenvalue weighted by Gasteiger charge is 2.26. The number of nitrogens with zero attached hydrogens (tertiary/aromatic N) is 3. The zero-order valence-electron chi connectivity index (χ0n) is 11.7. The van der Waals surface area contributed by atoms with Crippen LogP contribution in [0.25, 0.3) is 5.65 Å². The molecular formula is C17H15N3O. The van der Waals surface area contributed by atoms with E-state index >= 15 is 0 Å². The highest BCUT2D eigenvalue weighted by Crippen LogP contribution is 2.29. The number of aromatic nitrogens is 2. The molecule has 4 nitrogen and oxygen atoms in total. The molecule has 21 heavy (non-hydrogen) atoms. The van der Waals surface area contributed by atoms with Crippen LogP contribution in [0.1, 0.15) is 29.3 Å². The number of aryl methyl sites for hydroxylation is 1. The molecule has 3 aromatic rings. The van der Waals surface area contributed by atoms with Gasteiger partial charge in [-0.25, -0.2) is 4.98 Å². The van der Waals surface area contributed by atoms with E-state index in [4.69, 9.17) is 4.84 Å². The average molecular weight is 277 g/mol. The molecule has 1 unspecified atom stereocenters. The summed E-state index contributed by atoms with van der Waals surface area (Å²) in [5, 5.41) is 4.22. The van der Waals surface area contributed by atoms with Crippen LogP contribution < -0.4 is 0 Å². The summed E-state index contributed by atoms with van der Waals surface area (Å²) in [4.78, 5) is 10.2. The van der Waals surface area contributed by atoms with Gasteiger partial charge in [0, 0.05) is 18.8 Å². The second-order valence-corrected chi connectivity index (χ2v) is 5.34. The first-order chi connectivity index (χ1) is 10.3. The van der Waals surface area contributed by atoms with E-state index in [0.717, 1.165) is 29.0 Å². The number of oxime groups is 1. The maximum Gasteiger partial charge on any atom is 0.176 e. The normalized spacial score (nSPS) is 17.8. The van der Waals surface area contributed by atoms with Gasteiger partial charge in [0.05, 0.1) is 5.71 Å². The number of hydrogen-bond acceptors (Lipinski definition) is 3. The largest absolute Gasteiger partial charge is 0.385 e. The molecule has 0 bridgehead atoms. The molecule has 1 aliphatic heterocycles. The lowest BCUT2D eigenvalue weighted by atomic mass is 10.0. The van der Waals surface area contributed by atoms with Crippen molar-refractivity contribution in [1.82, 2.24) is 9.38 Å². The Bertz CT molecular complexity index is 820. The van der Waals surface area contributed by atoms with Crippen LogP contribution in [-0.2, 0) is 4.84 Å². The van der Waals surface area contributed by atoms with Gasteiger partial charge in [-0.2, -0.15) is 0 Å². The first kappa shape index (κ1) is 12.1. The lowest BCUT2D eigenvalue weighted by molar-refractivity contribution is 0.0830. The van der Waals surface area contributed by atoms with Crippen LogP contribution in [0.3, 0.4) is 0 Å². The van der Waals surface area contributed by atoms with Gasteiger partial charge < -0.3 is 9.24 Å². The topological polar surface area (TPSA) is 38.9 Å². The lowest BCUT2D eigenvalue weighted by Gasteiger charge is -2.03. The summed E-state index contributed by atoms with van der Waals surface area (Å²) in [6, 6.07) is 14.3. The van der Waals surface area contributed by atoms with Crippen LogP contribution in [0.2, 0.25) is 0 Å². The Morgan fingerprint density at radius 1 is 1.19 bits per heavy atom. The number of pyridine rings is 1. The lowest BCUT2D eigenvalue weighted by Crippen LogP contribution is -2.01. The maximum atomic E-state index is 5.58. The molecule has 0 fully saturated rings. The monoisotopic (exact) mass is 277 g/mol. The highest BCUT2D eigenvalue weighted by molar-refractivity contribution is 6.01. The smallest absolute Gasteiger partial charge is 0.176 e. The van der Waals surface area contributed by atoms with Crippen molar-refractivity contribution < 1.29 is 4.84 Å². The van der Waals surface area contributed by atoms with E-state index < -0.39 is 0 Å². The fraction of sp³-hybridized carbons (Fsp3) is 0.176. The molecule has 0 spiro atoms. The highest BCUT2D eigenvalue weighted by atomic mass is 16.6. The van der Waals surface area contributed by atoms with Gasteiger partial charge in [0.25, 0.3) is 0 Å². The average Bonchev–Trinajstić information content (AvgIpc) is 3.14. The summed E-state index contributed by atoms with van der Waals surface area (Å²) in [6.07, 6.45) is 4.70. The molecule has 0 saturated heterocycles. The van der Waals surface area contributed by atoms with E-state index in [2.05, 4.69) is 41.3 Å². The summed E-state index contributed by atoms with van der Waals surface area (Å²) in [5.74, 6) is 0. The Labute approximate surface area is 122 Å². The van der Waals surface area contributed by atoms with Gasteiger partial charge >= 0.3 is 0 Å². The second kappa shape index (κ2) is 4.74. The van der Waals surface area contributed by atoms with Gasteiger partial charge in [0.1, 0.15) is 11.3 Å². The first-order valence-electron chi connectivity index (χ1n) is 7.03. The summed E-state index contributed by atoms with van der Waals surface area (Å²) in [6.45, 7) is 2.07. The SMILES string of the molecule is Cc1ccn2cc(C3CC(c4ccccc4)=NO3)nc2c1. The van der Waals surface area contributed by atoms with Crippen LogP contribution in [0.5, 0.6) is 0 Å². The van der Waals surface area contributed by atoms with Crippen molar-refractivity contribution in [3.05, 3.63) is 71.7 Å². The van der Waals surface area contributed by atoms with Crippen LogP contribution in [-0.4, -0.2) is 15.1 Å². The van der Waals surface area contributed by atoms with Crippen LogP contribution >= 0.6 is 0 Å². The van der Waals surface area contributed by atoms with Crippen molar-refractivity contribution in [1.29, 1.82) is 0 Å². The quantitative estimate of drug-likeness (QED) is 0.719. The zero-order chi connectivity index (χ0) is 14.2. The van der Waals surface area contributed by atoms with Crippen LogP contribution in [0, 0.1) is 6.92 Å². The Hall–Kier alpha value is -2.62. The predicted molar refractivity (Wildman–Crippen MR) is 81.4 cm³/mol. The third kappa shape index (κ3) is 2.18. The number of rotatable bonds is 2. The molecule has 4 rings (SSSR count). The molecule has 0 saturated carbocycles. The van der Waals surface area contributed by atoms with E-state index in [1.54, 1.807) is 0 Å². The zero-order valence-corrected chi connectivity index (χ0v) is 11.7. The van der Waals surface area contributed by atoms with Gasteiger partial charge in [-0.3, -0.25) is 0 Å². The van der Waals surface area contributed by atoms with E-state index in [9.17, 15) is 0 Å². The molecule has 0 amide bonds. The Balaban J connectivity index is 1.61. The van der Waals surface area contributed by atoms with Crippen LogP contribution in [0.15, 0.2) is 60.0 Å². The minimum absolute atomic E-state index is 0.0968. The second-order valence-electron chi connectivity index (χ2n) is 5.34. The molecule has 0 radical (unpaired) electrons. The van der Waals surface area contributed by atoms with Crippen molar-refractivity contribution >= 4 is 11.4 Å². The molecular weight excluding hydrogens is 262 g/mol. The fourth-order valence-corrected chi connectivity index (χ4v) is 2.60. The Kier molecular flexibility index (Phi) is 2.74. The third-order valence-corrected chi connectivity index (χ3v) is 3.74. The predicted octanol–water partition coefficient (Wildman–Crippen LogP) is 3.51. The molecule has 104 valence electrons. The minimum atomic E-state index is -0.0968. The third-order valence-electron chi connectivity index (χ3n) is 3.74. The molecule has 3 heterocycles. The minimum Gasteiger partial charge on any atom is -0.385 e. The molecule has 0 N–H and O–H groups in total. The van der Waals surface area contributed by atoms with Gasteiger partial charge in [0.2, 0.25) is 0 Å². The standard InChI is InChI=1S/C17H15N3O/c1-12-7-8-20-11-15(18-17(20)9-12)16-10-14(19-21-16)13-5-3-2-4-6-13/h2-9,11,16H,10H2,1H3. The molecule has 1 aromatic carbocycles. The van der Waals surface area contributed by atoms with E-state index in [-0.39, 0.29) is 6.10 Å². The maximum absolute atomic E-state index is 5.58. The van der Waals surface area contributed by atoms with Crippen molar-refractivity contribution in [3.8, 4) is 0 Å². The van der Waals surface area contributed by atoms with Gasteiger partial charge in [0.15, 0.2) is 6.10 Å². The fourth-order valence-electron chi connectivity index (χ4n) is 2.60. The van der Waals surface area contributed by atoms with Crippen molar-refractivity contribution in [3.63, 3.8) is 0 Å². The van der Waals surface area contributed by atoms with Crippen molar-refractivity contribution in [2.75, 3.05) is 0 Å². The summed E-state index contributed by atoms with van der Waals surface area (Å²) in [5.41, 5.74) is 5.17. The first-order valence-corrected chi connectivity index (χ1v) is 7.03. The van der Waals surface area contributed by atoms with E-state index in [0.29, 0.717) is 0 Å². The van der Waals surface area contributed by atoms with Gasteiger partial charge in [-0.05, 0) is 30.2 Å². The van der Waals surface area contributed by atoms with Crippen LogP contribution in [0.4, 0.5) is 0 Å². The number of hydrogen-bond donors (Lipinski definition) is 0. The molecule has 4 heteroatoms. The summed E-state index contributed by atoms with van der Waals surface area (Å²) >= 11 is 0. The molecule has 1 atom stereocenters. The molecule has 0 aliphatic carbocycles. The molecule has 2 aromatic heterocycles. The number of fused-ring (bicyclic) bond motifs is 1. The van der Waals surface area contributed by atoms with E-state index in [1.165, 1.54) is 5.56 Å².